The third-order valence-corrected chi connectivity index (χ3v) is 3.55. The molecular formula is C16H14FNO2. The molecule has 0 saturated heterocycles. The van der Waals surface area contributed by atoms with Crippen LogP contribution in [0, 0.1) is 5.82 Å². The zero-order chi connectivity index (χ0) is 14.1. The predicted octanol–water partition coefficient (Wildman–Crippen LogP) is 3.39. The van der Waals surface area contributed by atoms with Crippen LogP contribution in [-0.4, -0.2) is 16.1 Å². The number of hydrogen-bond acceptors (Lipinski definition) is 2. The highest BCUT2D eigenvalue weighted by Crippen LogP contribution is 2.40. The highest BCUT2D eigenvalue weighted by Gasteiger charge is 2.25. The van der Waals surface area contributed by atoms with Crippen LogP contribution in [0.15, 0.2) is 36.5 Å². The van der Waals surface area contributed by atoms with E-state index < -0.39 is 5.97 Å². The summed E-state index contributed by atoms with van der Waals surface area (Å²) in [7, 11) is 0. The molecule has 2 aromatic rings. The Kier molecular flexibility index (Phi) is 3.22. The average Bonchev–Trinajstić information content (AvgIpc) is 3.25. The number of nitrogens with zero attached hydrogens (tertiary/aromatic N) is 1. The van der Waals surface area contributed by atoms with Gasteiger partial charge in [-0.1, -0.05) is 18.2 Å². The molecule has 3 nitrogen and oxygen atoms in total. The van der Waals surface area contributed by atoms with Gasteiger partial charge in [0.2, 0.25) is 0 Å². The second-order valence-corrected chi connectivity index (χ2v) is 5.16. The van der Waals surface area contributed by atoms with Crippen molar-refractivity contribution in [1.82, 2.24) is 4.98 Å². The maximum Gasteiger partial charge on any atom is 0.354 e. The minimum atomic E-state index is -1.02. The first-order chi connectivity index (χ1) is 9.63. The first-order valence-electron chi connectivity index (χ1n) is 6.60. The van der Waals surface area contributed by atoms with E-state index in [1.165, 1.54) is 12.1 Å². The van der Waals surface area contributed by atoms with Crippen LogP contribution in [0.4, 0.5) is 4.39 Å². The lowest BCUT2D eigenvalue weighted by molar-refractivity contribution is 0.0689. The number of pyridine rings is 1. The molecule has 1 aliphatic rings. The number of carbonyl (C=O) groups is 1. The van der Waals surface area contributed by atoms with Crippen LogP contribution in [-0.2, 0) is 6.42 Å². The molecule has 1 aliphatic carbocycles. The van der Waals surface area contributed by atoms with Crippen LogP contribution in [0.1, 0.15) is 45.9 Å². The highest BCUT2D eigenvalue weighted by atomic mass is 19.1. The molecule has 0 atom stereocenters. The Morgan fingerprint density at radius 1 is 1.30 bits per heavy atom. The molecule has 1 heterocycles. The number of aromatic nitrogens is 1. The second kappa shape index (κ2) is 5.04. The van der Waals surface area contributed by atoms with Crippen molar-refractivity contribution < 1.29 is 14.3 Å². The summed E-state index contributed by atoms with van der Waals surface area (Å²) in [4.78, 5) is 15.3. The summed E-state index contributed by atoms with van der Waals surface area (Å²) in [6.45, 7) is 0. The molecule has 1 aromatic carbocycles. The van der Waals surface area contributed by atoms with Gasteiger partial charge in [-0.05, 0) is 54.0 Å². The fourth-order valence-electron chi connectivity index (χ4n) is 2.32. The summed E-state index contributed by atoms with van der Waals surface area (Å²) in [6, 6.07) is 8.04. The van der Waals surface area contributed by atoms with Gasteiger partial charge in [0, 0.05) is 6.20 Å². The Balaban J connectivity index is 1.94. The molecule has 0 unspecified atom stereocenters. The maximum atomic E-state index is 12.9. The Hall–Kier alpha value is -2.23. The zero-order valence-electron chi connectivity index (χ0n) is 10.8. The van der Waals surface area contributed by atoms with Crippen LogP contribution < -0.4 is 0 Å². The van der Waals surface area contributed by atoms with Gasteiger partial charge < -0.3 is 5.11 Å². The average molecular weight is 271 g/mol. The van der Waals surface area contributed by atoms with Crippen LogP contribution in [0.5, 0.6) is 0 Å². The van der Waals surface area contributed by atoms with E-state index in [0.717, 1.165) is 24.0 Å². The van der Waals surface area contributed by atoms with Crippen molar-refractivity contribution in [1.29, 1.82) is 0 Å². The van der Waals surface area contributed by atoms with E-state index in [2.05, 4.69) is 4.98 Å². The van der Waals surface area contributed by atoms with E-state index in [1.54, 1.807) is 18.3 Å². The molecule has 0 spiro atoms. The molecule has 4 heteroatoms. The first kappa shape index (κ1) is 12.8. The molecule has 0 radical (unpaired) electrons. The van der Waals surface area contributed by atoms with Crippen molar-refractivity contribution in [3.63, 3.8) is 0 Å². The standard InChI is InChI=1S/C16H14FNO2/c17-14-5-1-10(2-6-14)7-12-8-13(11-3-4-11)9-18-15(12)16(19)20/h1-2,5-6,8-9,11H,3-4,7H2,(H,19,20). The topological polar surface area (TPSA) is 50.2 Å². The number of benzene rings is 1. The summed E-state index contributed by atoms with van der Waals surface area (Å²) in [6.07, 6.45) is 4.40. The largest absolute Gasteiger partial charge is 0.477 e. The van der Waals surface area contributed by atoms with E-state index in [-0.39, 0.29) is 11.5 Å². The molecule has 1 aromatic heterocycles. The fourth-order valence-corrected chi connectivity index (χ4v) is 2.32. The summed E-state index contributed by atoms with van der Waals surface area (Å²) < 4.78 is 12.9. The van der Waals surface area contributed by atoms with Crippen molar-refractivity contribution in [3.8, 4) is 0 Å². The van der Waals surface area contributed by atoms with Gasteiger partial charge in [-0.15, -0.1) is 0 Å². The van der Waals surface area contributed by atoms with Gasteiger partial charge in [-0.25, -0.2) is 14.2 Å². The lowest BCUT2D eigenvalue weighted by Gasteiger charge is -2.08. The maximum absolute atomic E-state index is 12.9. The molecule has 1 saturated carbocycles. The third kappa shape index (κ3) is 2.69. The van der Waals surface area contributed by atoms with Gasteiger partial charge >= 0.3 is 5.97 Å². The first-order valence-corrected chi connectivity index (χ1v) is 6.60. The monoisotopic (exact) mass is 271 g/mol. The van der Waals surface area contributed by atoms with Gasteiger partial charge in [0.25, 0.3) is 0 Å². The van der Waals surface area contributed by atoms with Crippen LogP contribution in [0.25, 0.3) is 0 Å². The molecular weight excluding hydrogens is 257 g/mol. The van der Waals surface area contributed by atoms with Crippen LogP contribution in [0.2, 0.25) is 0 Å². The van der Waals surface area contributed by atoms with Gasteiger partial charge in [-0.3, -0.25) is 0 Å². The summed E-state index contributed by atoms with van der Waals surface area (Å²) in [5.41, 5.74) is 2.75. The zero-order valence-corrected chi connectivity index (χ0v) is 10.8. The third-order valence-electron chi connectivity index (χ3n) is 3.55. The number of carboxylic acids is 1. The lowest BCUT2D eigenvalue weighted by Crippen LogP contribution is -2.07. The quantitative estimate of drug-likeness (QED) is 0.927. The molecule has 1 N–H and O–H groups in total. The number of halogens is 1. The number of carboxylic acid groups (broad SMARTS) is 1. The van der Waals surface area contributed by atoms with E-state index >= 15 is 0 Å². The molecule has 0 amide bonds. The Bertz CT molecular complexity index is 648. The minimum absolute atomic E-state index is 0.0822. The summed E-state index contributed by atoms with van der Waals surface area (Å²) in [5, 5.41) is 9.21. The number of aromatic carboxylic acids is 1. The molecule has 20 heavy (non-hydrogen) atoms. The van der Waals surface area contributed by atoms with Crippen molar-refractivity contribution in [2.24, 2.45) is 0 Å². The summed E-state index contributed by atoms with van der Waals surface area (Å²) in [5.74, 6) is -0.793. The molecule has 102 valence electrons. The molecule has 3 rings (SSSR count). The Morgan fingerprint density at radius 3 is 2.60 bits per heavy atom. The van der Waals surface area contributed by atoms with Gasteiger partial charge in [0.15, 0.2) is 5.69 Å². The lowest BCUT2D eigenvalue weighted by atomic mass is 10.0. The van der Waals surface area contributed by atoms with Crippen molar-refractivity contribution in [2.45, 2.75) is 25.2 Å². The van der Waals surface area contributed by atoms with Crippen molar-refractivity contribution in [2.75, 3.05) is 0 Å². The van der Waals surface area contributed by atoms with Crippen LogP contribution in [0.3, 0.4) is 0 Å². The smallest absolute Gasteiger partial charge is 0.354 e. The minimum Gasteiger partial charge on any atom is -0.477 e. The van der Waals surface area contributed by atoms with Gasteiger partial charge in [-0.2, -0.15) is 0 Å². The molecule has 0 bridgehead atoms. The van der Waals surface area contributed by atoms with E-state index in [0.29, 0.717) is 17.9 Å². The van der Waals surface area contributed by atoms with E-state index in [4.69, 9.17) is 0 Å². The van der Waals surface area contributed by atoms with Crippen molar-refractivity contribution >= 4 is 5.97 Å². The highest BCUT2D eigenvalue weighted by molar-refractivity contribution is 5.87. The Labute approximate surface area is 116 Å². The van der Waals surface area contributed by atoms with E-state index in [1.807, 2.05) is 6.07 Å². The second-order valence-electron chi connectivity index (χ2n) is 5.16. The molecule has 1 fully saturated rings. The van der Waals surface area contributed by atoms with Gasteiger partial charge in [0.05, 0.1) is 0 Å². The number of hydrogen-bond donors (Lipinski definition) is 1. The number of rotatable bonds is 4. The van der Waals surface area contributed by atoms with Gasteiger partial charge in [0.1, 0.15) is 5.82 Å². The Morgan fingerprint density at radius 2 is 2.00 bits per heavy atom. The van der Waals surface area contributed by atoms with E-state index in [9.17, 15) is 14.3 Å². The normalized spacial score (nSPS) is 14.2. The predicted molar refractivity (Wildman–Crippen MR) is 72.4 cm³/mol. The summed E-state index contributed by atoms with van der Waals surface area (Å²) >= 11 is 0. The van der Waals surface area contributed by atoms with Crippen LogP contribution >= 0.6 is 0 Å². The fraction of sp³-hybridized carbons (Fsp3) is 0.250. The van der Waals surface area contributed by atoms with Crippen molar-refractivity contribution in [3.05, 3.63) is 64.7 Å². The SMILES string of the molecule is O=C(O)c1ncc(C2CC2)cc1Cc1ccc(F)cc1. The molecule has 0 aliphatic heterocycles.